The minimum Gasteiger partial charge on any atom is -0.327 e. The molecule has 0 aromatic heterocycles. The van der Waals surface area contributed by atoms with E-state index >= 15 is 0 Å². The highest BCUT2D eigenvalue weighted by Crippen LogP contribution is 2.32. The summed E-state index contributed by atoms with van der Waals surface area (Å²) < 4.78 is 26.7. The van der Waals surface area contributed by atoms with E-state index in [9.17, 15) is 13.2 Å². The molecule has 0 saturated heterocycles. The van der Waals surface area contributed by atoms with Gasteiger partial charge in [-0.25, -0.2) is 8.42 Å². The Kier molecular flexibility index (Phi) is 5.67. The van der Waals surface area contributed by atoms with E-state index in [2.05, 4.69) is 0 Å². The third kappa shape index (κ3) is 3.34. The monoisotopic (exact) mass is 353 g/mol. The lowest BCUT2D eigenvalue weighted by Crippen LogP contribution is -2.41. The summed E-state index contributed by atoms with van der Waals surface area (Å²) in [4.78, 5) is 14.6. The number of carbonyl (C=O) groups is 1. The normalized spacial score (nSPS) is 17.0. The van der Waals surface area contributed by atoms with Crippen molar-refractivity contribution in [1.29, 1.82) is 0 Å². The molecule has 1 aromatic carbocycles. The number of benzene rings is 1. The van der Waals surface area contributed by atoms with Crippen molar-refractivity contribution in [1.82, 2.24) is 4.31 Å². The maximum Gasteiger partial charge on any atom is 0.243 e. The third-order valence-electron chi connectivity index (χ3n) is 4.73. The van der Waals surface area contributed by atoms with Crippen LogP contribution in [0, 0.1) is 5.92 Å². The Balaban J connectivity index is 2.33. The van der Waals surface area contributed by atoms with Gasteiger partial charge in [0.1, 0.15) is 0 Å². The first-order chi connectivity index (χ1) is 11.2. The summed E-state index contributed by atoms with van der Waals surface area (Å²) in [6.45, 7) is 8.73. The molecule has 2 rings (SSSR count). The number of rotatable bonds is 6. The van der Waals surface area contributed by atoms with Crippen LogP contribution in [0.4, 0.5) is 5.69 Å². The zero-order valence-corrected chi connectivity index (χ0v) is 15.6. The first kappa shape index (κ1) is 18.9. The van der Waals surface area contributed by atoms with Crippen molar-refractivity contribution in [3.05, 3.63) is 23.8 Å². The fraction of sp³-hybridized carbons (Fsp3) is 0.588. The molecule has 0 radical (unpaired) electrons. The summed E-state index contributed by atoms with van der Waals surface area (Å²) in [6, 6.07) is 4.82. The molecular weight excluding hydrogens is 326 g/mol. The highest BCUT2D eigenvalue weighted by molar-refractivity contribution is 7.89. The second kappa shape index (κ2) is 7.21. The lowest BCUT2D eigenvalue weighted by atomic mass is 10.0. The number of nitrogens with two attached hydrogens (primary N) is 1. The highest BCUT2D eigenvalue weighted by Gasteiger charge is 2.31. The van der Waals surface area contributed by atoms with Gasteiger partial charge in [0, 0.05) is 31.4 Å². The molecule has 2 unspecified atom stereocenters. The van der Waals surface area contributed by atoms with E-state index < -0.39 is 10.0 Å². The summed E-state index contributed by atoms with van der Waals surface area (Å²) in [5.41, 5.74) is 7.53. The minimum atomic E-state index is -3.48. The minimum absolute atomic E-state index is 0.0110. The van der Waals surface area contributed by atoms with Gasteiger partial charge in [0.2, 0.25) is 15.9 Å². The molecule has 1 aliphatic rings. The van der Waals surface area contributed by atoms with Crippen LogP contribution in [0.1, 0.15) is 33.3 Å². The maximum absolute atomic E-state index is 12.6. The molecule has 134 valence electrons. The molecule has 1 heterocycles. The molecule has 24 heavy (non-hydrogen) atoms. The van der Waals surface area contributed by atoms with E-state index in [0.29, 0.717) is 31.0 Å². The van der Waals surface area contributed by atoms with Crippen molar-refractivity contribution in [2.24, 2.45) is 11.7 Å². The number of carbonyl (C=O) groups excluding carboxylic acids is 1. The van der Waals surface area contributed by atoms with Crippen molar-refractivity contribution < 1.29 is 13.2 Å². The van der Waals surface area contributed by atoms with Gasteiger partial charge in [-0.15, -0.1) is 0 Å². The van der Waals surface area contributed by atoms with Crippen molar-refractivity contribution in [2.45, 2.75) is 45.1 Å². The molecule has 0 fully saturated rings. The van der Waals surface area contributed by atoms with Gasteiger partial charge in [-0.1, -0.05) is 20.8 Å². The molecule has 0 aliphatic carbocycles. The molecule has 0 saturated carbocycles. The molecule has 0 bridgehead atoms. The van der Waals surface area contributed by atoms with Crippen molar-refractivity contribution in [3.8, 4) is 0 Å². The van der Waals surface area contributed by atoms with Gasteiger partial charge >= 0.3 is 0 Å². The van der Waals surface area contributed by atoms with Crippen LogP contribution >= 0.6 is 0 Å². The molecule has 7 heteroatoms. The molecule has 1 amide bonds. The maximum atomic E-state index is 12.6. The zero-order valence-electron chi connectivity index (χ0n) is 14.8. The predicted octanol–water partition coefficient (Wildman–Crippen LogP) is 1.59. The van der Waals surface area contributed by atoms with Crippen LogP contribution in [-0.2, 0) is 21.2 Å². The van der Waals surface area contributed by atoms with Crippen LogP contribution in [0.15, 0.2) is 23.1 Å². The zero-order chi connectivity index (χ0) is 18.1. The van der Waals surface area contributed by atoms with Gasteiger partial charge in [-0.05, 0) is 37.1 Å². The van der Waals surface area contributed by atoms with Gasteiger partial charge in [0.05, 0.1) is 10.8 Å². The lowest BCUT2D eigenvalue weighted by Gasteiger charge is -2.24. The Bertz CT molecular complexity index is 712. The Hall–Kier alpha value is -1.44. The molecule has 0 spiro atoms. The van der Waals surface area contributed by atoms with Gasteiger partial charge in [0.15, 0.2) is 0 Å². The number of nitrogens with zero attached hydrogens (tertiary/aromatic N) is 2. The molecule has 1 aliphatic heterocycles. The van der Waals surface area contributed by atoms with E-state index in [1.807, 2.05) is 27.7 Å². The number of amides is 1. The van der Waals surface area contributed by atoms with Crippen LogP contribution in [0.25, 0.3) is 0 Å². The Morgan fingerprint density at radius 3 is 2.46 bits per heavy atom. The average molecular weight is 353 g/mol. The quantitative estimate of drug-likeness (QED) is 0.842. The average Bonchev–Trinajstić information content (AvgIpc) is 2.97. The van der Waals surface area contributed by atoms with Crippen LogP contribution in [0.3, 0.4) is 0 Å². The van der Waals surface area contributed by atoms with Crippen LogP contribution in [0.2, 0.25) is 0 Å². The summed E-state index contributed by atoms with van der Waals surface area (Å²) in [7, 11) is -3.48. The number of fused-ring (bicyclic) bond motifs is 1. The smallest absolute Gasteiger partial charge is 0.243 e. The van der Waals surface area contributed by atoms with Gasteiger partial charge in [0.25, 0.3) is 0 Å². The largest absolute Gasteiger partial charge is 0.327 e. The predicted molar refractivity (Wildman–Crippen MR) is 95.4 cm³/mol. The molecule has 1 aromatic rings. The summed E-state index contributed by atoms with van der Waals surface area (Å²) >= 11 is 0. The second-order valence-electron chi connectivity index (χ2n) is 6.27. The number of sulfonamides is 1. The SMILES string of the molecule is CCN(CC)S(=O)(=O)c1ccc2c(c1)CCN2C(=O)C(C)C(C)N. The Morgan fingerprint density at radius 2 is 1.92 bits per heavy atom. The molecule has 2 atom stereocenters. The summed E-state index contributed by atoms with van der Waals surface area (Å²) in [5.74, 6) is -0.280. The number of hydrogen-bond donors (Lipinski definition) is 1. The first-order valence-corrected chi connectivity index (χ1v) is 9.88. The summed E-state index contributed by atoms with van der Waals surface area (Å²) in [5, 5.41) is 0. The van der Waals surface area contributed by atoms with Crippen molar-refractivity contribution in [2.75, 3.05) is 24.5 Å². The molecular formula is C17H27N3O3S. The fourth-order valence-electron chi connectivity index (χ4n) is 2.95. The summed E-state index contributed by atoms with van der Waals surface area (Å²) in [6.07, 6.45) is 0.661. The van der Waals surface area contributed by atoms with Gasteiger partial charge in [-0.3, -0.25) is 4.79 Å². The van der Waals surface area contributed by atoms with E-state index in [0.717, 1.165) is 11.3 Å². The van der Waals surface area contributed by atoms with E-state index in [1.165, 1.54) is 4.31 Å². The van der Waals surface area contributed by atoms with Crippen LogP contribution < -0.4 is 10.6 Å². The van der Waals surface area contributed by atoms with Crippen molar-refractivity contribution >= 4 is 21.6 Å². The van der Waals surface area contributed by atoms with Gasteiger partial charge in [-0.2, -0.15) is 4.31 Å². The van der Waals surface area contributed by atoms with Crippen LogP contribution in [0.5, 0.6) is 0 Å². The fourth-order valence-corrected chi connectivity index (χ4v) is 4.46. The van der Waals surface area contributed by atoms with Crippen molar-refractivity contribution in [3.63, 3.8) is 0 Å². The van der Waals surface area contributed by atoms with Gasteiger partial charge < -0.3 is 10.6 Å². The number of anilines is 1. The lowest BCUT2D eigenvalue weighted by molar-refractivity contribution is -0.122. The Labute approximate surface area is 144 Å². The van der Waals surface area contributed by atoms with E-state index in [-0.39, 0.29) is 17.9 Å². The third-order valence-corrected chi connectivity index (χ3v) is 6.78. The topological polar surface area (TPSA) is 83.7 Å². The van der Waals surface area contributed by atoms with E-state index in [1.54, 1.807) is 23.1 Å². The van der Waals surface area contributed by atoms with Crippen LogP contribution in [-0.4, -0.2) is 44.3 Å². The molecule has 2 N–H and O–H groups in total. The molecule has 6 nitrogen and oxygen atoms in total. The standard InChI is InChI=1S/C17H27N3O3S/c1-5-19(6-2)24(22,23)15-7-8-16-14(11-15)9-10-20(16)17(21)12(3)13(4)18/h7-8,11-13H,5-6,9-10,18H2,1-4H3. The first-order valence-electron chi connectivity index (χ1n) is 8.44. The second-order valence-corrected chi connectivity index (χ2v) is 8.21. The number of hydrogen-bond acceptors (Lipinski definition) is 4. The highest BCUT2D eigenvalue weighted by atomic mass is 32.2. The Morgan fingerprint density at radius 1 is 1.29 bits per heavy atom. The van der Waals surface area contributed by atoms with E-state index in [4.69, 9.17) is 5.73 Å².